The third-order valence-electron chi connectivity index (χ3n) is 5.57. The number of nitriles is 1. The summed E-state index contributed by atoms with van der Waals surface area (Å²) in [6.45, 7) is 3.45. The van der Waals surface area contributed by atoms with E-state index >= 15 is 0 Å². The van der Waals surface area contributed by atoms with Gasteiger partial charge in [-0.25, -0.2) is 13.1 Å². The molecule has 10 heteroatoms. The molecule has 154 valence electrons. The molecule has 0 spiro atoms. The summed E-state index contributed by atoms with van der Waals surface area (Å²) < 4.78 is 32.2. The van der Waals surface area contributed by atoms with Gasteiger partial charge in [0.25, 0.3) is 0 Å². The van der Waals surface area contributed by atoms with Crippen molar-refractivity contribution < 1.29 is 8.42 Å². The molecule has 1 saturated heterocycles. The average molecular weight is 433 g/mol. The van der Waals surface area contributed by atoms with E-state index in [1.165, 1.54) is 22.9 Å². The minimum absolute atomic E-state index is 0.0796. The fourth-order valence-corrected chi connectivity index (χ4v) is 5.80. The number of aromatic nitrogens is 3. The monoisotopic (exact) mass is 432 g/mol. The van der Waals surface area contributed by atoms with Gasteiger partial charge in [0.05, 0.1) is 17.1 Å². The molecule has 0 aliphatic carbocycles. The van der Waals surface area contributed by atoms with Crippen LogP contribution in [0.3, 0.4) is 0 Å². The van der Waals surface area contributed by atoms with Gasteiger partial charge >= 0.3 is 0 Å². The maximum Gasteiger partial charge on any atom is 0.244 e. The molecule has 1 aromatic heterocycles. The zero-order valence-corrected chi connectivity index (χ0v) is 17.8. The first-order valence-electron chi connectivity index (χ1n) is 9.89. The number of nitrogens with zero attached hydrogens (tertiary/aromatic N) is 6. The molecule has 0 atom stereocenters. The minimum atomic E-state index is -3.68. The van der Waals surface area contributed by atoms with Crippen LogP contribution in [0.4, 0.5) is 0 Å². The molecule has 3 heterocycles. The quantitative estimate of drug-likeness (QED) is 0.687. The van der Waals surface area contributed by atoms with Gasteiger partial charge in [-0.15, -0.1) is 0 Å². The molecular formula is C19H24N6O2S2. The topological polar surface area (TPSA) is 87.2 Å². The highest BCUT2D eigenvalue weighted by Crippen LogP contribution is 2.21. The van der Waals surface area contributed by atoms with Crippen LogP contribution < -0.4 is 0 Å². The van der Waals surface area contributed by atoms with Gasteiger partial charge in [-0.05, 0) is 37.2 Å². The van der Waals surface area contributed by atoms with Gasteiger partial charge in [0.15, 0.2) is 4.77 Å². The second-order valence-corrected chi connectivity index (χ2v) is 9.70. The molecule has 0 unspecified atom stereocenters. The molecule has 1 aromatic carbocycles. The molecule has 0 amide bonds. The molecule has 1 fully saturated rings. The maximum atomic E-state index is 13.0. The van der Waals surface area contributed by atoms with E-state index in [1.807, 2.05) is 10.8 Å². The maximum absolute atomic E-state index is 13.0. The van der Waals surface area contributed by atoms with Crippen molar-refractivity contribution in [2.75, 3.05) is 26.2 Å². The lowest BCUT2D eigenvalue weighted by atomic mass is 10.2. The lowest BCUT2D eigenvalue weighted by Crippen LogP contribution is -2.49. The van der Waals surface area contributed by atoms with E-state index in [0.717, 1.165) is 36.4 Å². The molecule has 0 bridgehead atoms. The first kappa shape index (κ1) is 20.2. The van der Waals surface area contributed by atoms with E-state index in [0.29, 0.717) is 32.8 Å². The standard InChI is InChI=1S/C19H24N6O2S2/c20-14-16-6-3-4-7-17(16)29(26,27)23-12-10-22(11-13-23)15-25-19(28)24-9-5-1-2-8-18(24)21-25/h3-4,6-7H,1-2,5,8-13,15H2. The Bertz CT molecular complexity index is 1090. The van der Waals surface area contributed by atoms with Crippen LogP contribution in [0.2, 0.25) is 0 Å². The van der Waals surface area contributed by atoms with Crippen molar-refractivity contribution in [2.24, 2.45) is 0 Å². The molecule has 4 rings (SSSR count). The van der Waals surface area contributed by atoms with Crippen molar-refractivity contribution in [3.8, 4) is 6.07 Å². The second kappa shape index (κ2) is 8.36. The smallest absolute Gasteiger partial charge is 0.244 e. The Kier molecular flexibility index (Phi) is 5.83. The van der Waals surface area contributed by atoms with E-state index in [2.05, 4.69) is 9.47 Å². The Labute approximate surface area is 176 Å². The van der Waals surface area contributed by atoms with E-state index in [9.17, 15) is 13.7 Å². The molecule has 2 aromatic rings. The Morgan fingerprint density at radius 1 is 1.07 bits per heavy atom. The highest BCUT2D eigenvalue weighted by molar-refractivity contribution is 7.89. The number of aryl methyl sites for hydroxylation is 1. The van der Waals surface area contributed by atoms with Gasteiger partial charge < -0.3 is 4.57 Å². The van der Waals surface area contributed by atoms with E-state index in [-0.39, 0.29) is 10.5 Å². The van der Waals surface area contributed by atoms with Crippen LogP contribution in [0.25, 0.3) is 0 Å². The third kappa shape index (κ3) is 4.00. The summed E-state index contributed by atoms with van der Waals surface area (Å²) in [5, 5.41) is 13.9. The van der Waals surface area contributed by atoms with Crippen molar-refractivity contribution in [3.05, 3.63) is 40.4 Å². The predicted octanol–water partition coefficient (Wildman–Crippen LogP) is 1.98. The summed E-state index contributed by atoms with van der Waals surface area (Å²) in [7, 11) is -3.68. The molecule has 0 radical (unpaired) electrons. The number of hydrogen-bond donors (Lipinski definition) is 0. The Hall–Kier alpha value is -2.06. The largest absolute Gasteiger partial charge is 0.304 e. The number of sulfonamides is 1. The van der Waals surface area contributed by atoms with Crippen LogP contribution in [-0.4, -0.2) is 58.1 Å². The van der Waals surface area contributed by atoms with Crippen molar-refractivity contribution in [3.63, 3.8) is 0 Å². The molecule has 2 aliphatic heterocycles. The third-order valence-corrected chi connectivity index (χ3v) is 7.96. The summed E-state index contributed by atoms with van der Waals surface area (Å²) in [6.07, 6.45) is 4.45. The van der Waals surface area contributed by atoms with Gasteiger partial charge in [0, 0.05) is 39.1 Å². The zero-order chi connectivity index (χ0) is 20.4. The highest BCUT2D eigenvalue weighted by Gasteiger charge is 2.30. The van der Waals surface area contributed by atoms with Crippen molar-refractivity contribution in [2.45, 2.75) is 43.8 Å². The molecule has 8 nitrogen and oxygen atoms in total. The van der Waals surface area contributed by atoms with E-state index in [4.69, 9.17) is 17.3 Å². The van der Waals surface area contributed by atoms with E-state index < -0.39 is 10.0 Å². The lowest BCUT2D eigenvalue weighted by Gasteiger charge is -2.33. The summed E-state index contributed by atoms with van der Waals surface area (Å²) in [4.78, 5) is 2.25. The Balaban J connectivity index is 1.44. The fourth-order valence-electron chi connectivity index (χ4n) is 3.94. The summed E-state index contributed by atoms with van der Waals surface area (Å²) in [6, 6.07) is 8.33. The number of rotatable bonds is 4. The first-order valence-corrected chi connectivity index (χ1v) is 11.7. The SMILES string of the molecule is N#Cc1ccccc1S(=O)(=O)N1CCN(Cn2nc3n(c2=S)CCCCC3)CC1. The number of hydrogen-bond acceptors (Lipinski definition) is 6. The zero-order valence-electron chi connectivity index (χ0n) is 16.2. The fraction of sp³-hybridized carbons (Fsp3) is 0.526. The molecular weight excluding hydrogens is 408 g/mol. The number of fused-ring (bicyclic) bond motifs is 1. The average Bonchev–Trinajstić information content (AvgIpc) is 2.90. The van der Waals surface area contributed by atoms with Gasteiger partial charge in [-0.3, -0.25) is 4.90 Å². The number of piperazine rings is 1. The lowest BCUT2D eigenvalue weighted by molar-refractivity contribution is 0.144. The van der Waals surface area contributed by atoms with Crippen LogP contribution in [0.1, 0.15) is 30.7 Å². The minimum Gasteiger partial charge on any atom is -0.304 e. The second-order valence-electron chi connectivity index (χ2n) is 7.43. The van der Waals surface area contributed by atoms with Crippen molar-refractivity contribution >= 4 is 22.2 Å². The molecule has 0 saturated carbocycles. The van der Waals surface area contributed by atoms with Crippen LogP contribution in [-0.2, 0) is 29.7 Å². The normalized spacial score (nSPS) is 18.7. The van der Waals surface area contributed by atoms with Crippen LogP contribution in [0, 0.1) is 16.1 Å². The van der Waals surface area contributed by atoms with Crippen LogP contribution >= 0.6 is 12.2 Å². The van der Waals surface area contributed by atoms with Gasteiger partial charge in [-0.1, -0.05) is 18.6 Å². The highest BCUT2D eigenvalue weighted by atomic mass is 32.2. The Morgan fingerprint density at radius 2 is 1.83 bits per heavy atom. The van der Waals surface area contributed by atoms with Gasteiger partial charge in [-0.2, -0.15) is 14.7 Å². The van der Waals surface area contributed by atoms with Gasteiger partial charge in [0.1, 0.15) is 11.9 Å². The molecule has 29 heavy (non-hydrogen) atoms. The molecule has 0 N–H and O–H groups in total. The van der Waals surface area contributed by atoms with Crippen molar-refractivity contribution in [1.82, 2.24) is 23.6 Å². The summed E-state index contributed by atoms with van der Waals surface area (Å²) >= 11 is 5.61. The van der Waals surface area contributed by atoms with Crippen molar-refractivity contribution in [1.29, 1.82) is 5.26 Å². The van der Waals surface area contributed by atoms with Gasteiger partial charge in [0.2, 0.25) is 10.0 Å². The molecule has 2 aliphatic rings. The first-order chi connectivity index (χ1) is 14.0. The van der Waals surface area contributed by atoms with E-state index in [1.54, 1.807) is 12.1 Å². The van der Waals surface area contributed by atoms with Crippen LogP contribution in [0.5, 0.6) is 0 Å². The summed E-state index contributed by atoms with van der Waals surface area (Å²) in [5.41, 5.74) is 0.181. The summed E-state index contributed by atoms with van der Waals surface area (Å²) in [5.74, 6) is 1.06. The number of benzene rings is 1. The van der Waals surface area contributed by atoms with Crippen LogP contribution in [0.15, 0.2) is 29.2 Å². The Morgan fingerprint density at radius 3 is 2.59 bits per heavy atom. The predicted molar refractivity (Wildman–Crippen MR) is 110 cm³/mol.